The fraction of sp³-hybridized carbons (Fsp3) is 0.263. The molecule has 0 saturated carbocycles. The van der Waals surface area contributed by atoms with E-state index in [4.69, 9.17) is 0 Å². The number of benzene rings is 2. The molecule has 23 heavy (non-hydrogen) atoms. The summed E-state index contributed by atoms with van der Waals surface area (Å²) < 4.78 is 0. The molecule has 0 radical (unpaired) electrons. The Morgan fingerprint density at radius 3 is 2.09 bits per heavy atom. The Balaban J connectivity index is 2.02. The van der Waals surface area contributed by atoms with Crippen molar-refractivity contribution < 1.29 is 9.59 Å². The third-order valence-corrected chi connectivity index (χ3v) is 3.68. The molecular formula is C19H22N2O2. The molecule has 2 rings (SSSR count). The molecule has 0 saturated heterocycles. The number of carbonyl (C=O) groups is 2. The normalized spacial score (nSPS) is 11.8. The van der Waals surface area contributed by atoms with Gasteiger partial charge in [-0.25, -0.2) is 0 Å². The molecule has 120 valence electrons. The van der Waals surface area contributed by atoms with E-state index < -0.39 is 11.8 Å². The number of amides is 2. The highest BCUT2D eigenvalue weighted by molar-refractivity contribution is 6.39. The summed E-state index contributed by atoms with van der Waals surface area (Å²) in [6.07, 6.45) is 0. The molecule has 0 aromatic heterocycles. The van der Waals surface area contributed by atoms with Gasteiger partial charge in [0.05, 0.1) is 6.04 Å². The lowest BCUT2D eigenvalue weighted by atomic mass is 10.0. The van der Waals surface area contributed by atoms with Crippen molar-refractivity contribution in [3.63, 3.8) is 0 Å². The third kappa shape index (κ3) is 4.42. The first-order valence-corrected chi connectivity index (χ1v) is 7.74. The number of carbonyl (C=O) groups excluding carboxylic acids is 2. The molecule has 4 nitrogen and oxygen atoms in total. The van der Waals surface area contributed by atoms with Crippen molar-refractivity contribution in [1.82, 2.24) is 5.32 Å². The van der Waals surface area contributed by atoms with E-state index in [9.17, 15) is 9.59 Å². The van der Waals surface area contributed by atoms with Crippen LogP contribution in [-0.4, -0.2) is 11.8 Å². The second kappa shape index (κ2) is 7.58. The Bertz CT molecular complexity index is 681. The number of nitrogens with one attached hydrogen (secondary N) is 2. The standard InChI is InChI=1S/C19H22N2O2/c1-13(2)16-11-7-8-12-17(16)21-19(23)18(22)20-14(3)15-9-5-4-6-10-15/h4-14H,1-3H3,(H,20,22)(H,21,23)/t14-/m1/s1. The lowest BCUT2D eigenvalue weighted by molar-refractivity contribution is -0.136. The first-order valence-electron chi connectivity index (χ1n) is 7.74. The summed E-state index contributed by atoms with van der Waals surface area (Å²) in [4.78, 5) is 24.2. The van der Waals surface area contributed by atoms with Gasteiger partial charge in [0, 0.05) is 5.69 Å². The molecule has 2 amide bonds. The molecule has 0 aliphatic carbocycles. The van der Waals surface area contributed by atoms with Gasteiger partial charge in [0.2, 0.25) is 0 Å². The van der Waals surface area contributed by atoms with Crippen LogP contribution in [0, 0.1) is 0 Å². The van der Waals surface area contributed by atoms with Crippen LogP contribution in [0.4, 0.5) is 5.69 Å². The number of hydrogen-bond donors (Lipinski definition) is 2. The van der Waals surface area contributed by atoms with Gasteiger partial charge < -0.3 is 10.6 Å². The average Bonchev–Trinajstić information content (AvgIpc) is 2.55. The quantitative estimate of drug-likeness (QED) is 0.847. The molecule has 0 heterocycles. The zero-order valence-electron chi connectivity index (χ0n) is 13.7. The maximum absolute atomic E-state index is 12.1. The Labute approximate surface area is 136 Å². The van der Waals surface area contributed by atoms with E-state index in [0.717, 1.165) is 11.1 Å². The van der Waals surface area contributed by atoms with Gasteiger partial charge in [-0.05, 0) is 30.0 Å². The number of rotatable bonds is 4. The summed E-state index contributed by atoms with van der Waals surface area (Å²) in [6.45, 7) is 5.94. The van der Waals surface area contributed by atoms with E-state index in [1.54, 1.807) is 6.07 Å². The molecule has 2 N–H and O–H groups in total. The van der Waals surface area contributed by atoms with Crippen LogP contribution in [0.1, 0.15) is 43.9 Å². The van der Waals surface area contributed by atoms with Crippen LogP contribution < -0.4 is 10.6 Å². The largest absolute Gasteiger partial charge is 0.341 e. The summed E-state index contributed by atoms with van der Waals surface area (Å²) in [5.41, 5.74) is 2.64. The van der Waals surface area contributed by atoms with Crippen LogP contribution in [0.5, 0.6) is 0 Å². The SMILES string of the molecule is CC(C)c1ccccc1NC(=O)C(=O)N[C@H](C)c1ccccc1. The number of para-hydroxylation sites is 1. The monoisotopic (exact) mass is 310 g/mol. The van der Waals surface area contributed by atoms with E-state index >= 15 is 0 Å². The van der Waals surface area contributed by atoms with E-state index in [-0.39, 0.29) is 12.0 Å². The van der Waals surface area contributed by atoms with Gasteiger partial charge in [0.1, 0.15) is 0 Å². The Morgan fingerprint density at radius 1 is 0.826 bits per heavy atom. The third-order valence-electron chi connectivity index (χ3n) is 3.68. The van der Waals surface area contributed by atoms with E-state index in [1.165, 1.54) is 0 Å². The maximum Gasteiger partial charge on any atom is 0.313 e. The van der Waals surface area contributed by atoms with E-state index in [2.05, 4.69) is 10.6 Å². The van der Waals surface area contributed by atoms with Crippen LogP contribution in [-0.2, 0) is 9.59 Å². The van der Waals surface area contributed by atoms with Crippen LogP contribution >= 0.6 is 0 Å². The van der Waals surface area contributed by atoms with Crippen LogP contribution in [0.25, 0.3) is 0 Å². The minimum Gasteiger partial charge on any atom is -0.341 e. The van der Waals surface area contributed by atoms with Crippen molar-refractivity contribution in [2.45, 2.75) is 32.7 Å². The molecule has 0 aliphatic heterocycles. The molecule has 0 aliphatic rings. The summed E-state index contributed by atoms with van der Waals surface area (Å²) in [5, 5.41) is 5.41. The molecule has 0 bridgehead atoms. The lowest BCUT2D eigenvalue weighted by Crippen LogP contribution is -2.37. The highest BCUT2D eigenvalue weighted by Gasteiger charge is 2.18. The highest BCUT2D eigenvalue weighted by Crippen LogP contribution is 2.23. The minimum atomic E-state index is -0.652. The second-order valence-electron chi connectivity index (χ2n) is 5.80. The Hall–Kier alpha value is -2.62. The molecule has 1 atom stereocenters. The predicted octanol–water partition coefficient (Wildman–Crippen LogP) is 3.63. The smallest absolute Gasteiger partial charge is 0.313 e. The first-order chi connectivity index (χ1) is 11.0. The van der Waals surface area contributed by atoms with Crippen LogP contribution in [0.3, 0.4) is 0 Å². The molecule has 2 aromatic carbocycles. The van der Waals surface area contributed by atoms with Crippen molar-refractivity contribution in [3.05, 3.63) is 65.7 Å². The predicted molar refractivity (Wildman–Crippen MR) is 92.2 cm³/mol. The highest BCUT2D eigenvalue weighted by atomic mass is 16.2. The van der Waals surface area contributed by atoms with E-state index in [0.29, 0.717) is 5.69 Å². The molecule has 0 spiro atoms. The Kier molecular flexibility index (Phi) is 5.52. The van der Waals surface area contributed by atoms with Gasteiger partial charge in [-0.2, -0.15) is 0 Å². The summed E-state index contributed by atoms with van der Waals surface area (Å²) in [6, 6.07) is 16.8. The van der Waals surface area contributed by atoms with Crippen molar-refractivity contribution in [1.29, 1.82) is 0 Å². The summed E-state index contributed by atoms with van der Waals surface area (Å²) in [5.74, 6) is -1.03. The Morgan fingerprint density at radius 2 is 1.43 bits per heavy atom. The number of hydrogen-bond acceptors (Lipinski definition) is 2. The summed E-state index contributed by atoms with van der Waals surface area (Å²) in [7, 11) is 0. The van der Waals surface area contributed by atoms with Crippen molar-refractivity contribution >= 4 is 17.5 Å². The van der Waals surface area contributed by atoms with Gasteiger partial charge in [-0.3, -0.25) is 9.59 Å². The van der Waals surface area contributed by atoms with Gasteiger partial charge in [0.25, 0.3) is 0 Å². The van der Waals surface area contributed by atoms with E-state index in [1.807, 2.05) is 69.3 Å². The van der Waals surface area contributed by atoms with Crippen molar-refractivity contribution in [3.8, 4) is 0 Å². The van der Waals surface area contributed by atoms with Gasteiger partial charge in [-0.15, -0.1) is 0 Å². The topological polar surface area (TPSA) is 58.2 Å². The zero-order chi connectivity index (χ0) is 16.8. The fourth-order valence-corrected chi connectivity index (χ4v) is 2.38. The summed E-state index contributed by atoms with van der Waals surface area (Å²) >= 11 is 0. The molecule has 2 aromatic rings. The van der Waals surface area contributed by atoms with Gasteiger partial charge in [-0.1, -0.05) is 62.4 Å². The zero-order valence-corrected chi connectivity index (χ0v) is 13.7. The second-order valence-corrected chi connectivity index (χ2v) is 5.80. The van der Waals surface area contributed by atoms with Gasteiger partial charge >= 0.3 is 11.8 Å². The molecule has 0 fully saturated rings. The molecule has 0 unspecified atom stereocenters. The average molecular weight is 310 g/mol. The van der Waals surface area contributed by atoms with Gasteiger partial charge in [0.15, 0.2) is 0 Å². The first kappa shape index (κ1) is 16.7. The molecular weight excluding hydrogens is 288 g/mol. The number of anilines is 1. The lowest BCUT2D eigenvalue weighted by Gasteiger charge is -2.16. The fourth-order valence-electron chi connectivity index (χ4n) is 2.38. The van der Waals surface area contributed by atoms with Crippen molar-refractivity contribution in [2.75, 3.05) is 5.32 Å². The van der Waals surface area contributed by atoms with Crippen molar-refractivity contribution in [2.24, 2.45) is 0 Å². The minimum absolute atomic E-state index is 0.227. The molecule has 4 heteroatoms. The van der Waals surface area contributed by atoms with Crippen LogP contribution in [0.2, 0.25) is 0 Å². The van der Waals surface area contributed by atoms with Crippen LogP contribution in [0.15, 0.2) is 54.6 Å². The maximum atomic E-state index is 12.1.